The molecule has 0 aliphatic rings. The molecule has 0 bridgehead atoms. The molecule has 0 atom stereocenters. The van der Waals surface area contributed by atoms with E-state index in [2.05, 4.69) is 13.0 Å². The Morgan fingerprint density at radius 1 is 1.30 bits per heavy atom. The number of aryl methyl sites for hydroxylation is 2. The molecule has 1 aromatic carbocycles. The molecule has 0 aliphatic carbocycles. The summed E-state index contributed by atoms with van der Waals surface area (Å²) in [5.41, 5.74) is 3.43. The van der Waals surface area contributed by atoms with E-state index >= 15 is 0 Å². The van der Waals surface area contributed by atoms with Gasteiger partial charge in [-0.25, -0.2) is 0 Å². The zero-order valence-electron chi connectivity index (χ0n) is 12.5. The van der Waals surface area contributed by atoms with Crippen LogP contribution in [0.15, 0.2) is 18.2 Å². The normalized spacial score (nSPS) is 10.1. The number of hydrogen-bond donors (Lipinski definition) is 0. The lowest BCUT2D eigenvalue weighted by molar-refractivity contribution is -0.131. The van der Waals surface area contributed by atoms with E-state index in [-0.39, 0.29) is 5.91 Å². The van der Waals surface area contributed by atoms with E-state index in [0.29, 0.717) is 32.5 Å². The summed E-state index contributed by atoms with van der Waals surface area (Å²) in [6.07, 6.45) is 0.721. The third-order valence-electron chi connectivity index (χ3n) is 3.34. The number of carbonyl (C=O) groups is 1. The quantitative estimate of drug-likeness (QED) is 0.766. The molecule has 0 spiro atoms. The van der Waals surface area contributed by atoms with E-state index in [1.165, 1.54) is 11.1 Å². The predicted octanol–water partition coefficient (Wildman–Crippen LogP) is 2.23. The summed E-state index contributed by atoms with van der Waals surface area (Å²) in [5, 5.41) is 8.66. The lowest BCUT2D eigenvalue weighted by atomic mass is 10.0. The number of ether oxygens (including phenoxy) is 1. The monoisotopic (exact) mass is 274 g/mol. The number of amides is 1. The van der Waals surface area contributed by atoms with Crippen molar-refractivity contribution in [3.8, 4) is 6.07 Å². The fraction of sp³-hybridized carbons (Fsp3) is 0.500. The number of rotatable bonds is 7. The van der Waals surface area contributed by atoms with Gasteiger partial charge in [0, 0.05) is 20.2 Å². The van der Waals surface area contributed by atoms with Crippen LogP contribution in [0.3, 0.4) is 0 Å². The van der Waals surface area contributed by atoms with Crippen molar-refractivity contribution >= 4 is 5.91 Å². The minimum absolute atomic E-state index is 0.0422. The Bertz CT molecular complexity index is 492. The lowest BCUT2D eigenvalue weighted by Gasteiger charge is -2.21. The van der Waals surface area contributed by atoms with Crippen molar-refractivity contribution in [1.29, 1.82) is 5.26 Å². The molecule has 1 rings (SSSR count). The standard InChI is InChI=1S/C16H22N2O2/c1-13-5-6-15(11-14(13)2)12-16(19)18(8-4-7-17)9-10-20-3/h5-6,11H,4,8-10,12H2,1-3H3. The van der Waals surface area contributed by atoms with Gasteiger partial charge in [0.1, 0.15) is 0 Å². The molecule has 0 heterocycles. The maximum atomic E-state index is 12.3. The summed E-state index contributed by atoms with van der Waals surface area (Å²) in [6, 6.07) is 8.14. The Balaban J connectivity index is 2.68. The molecule has 4 heteroatoms. The number of benzene rings is 1. The molecule has 20 heavy (non-hydrogen) atoms. The second-order valence-corrected chi connectivity index (χ2v) is 4.88. The third-order valence-corrected chi connectivity index (χ3v) is 3.34. The zero-order valence-corrected chi connectivity index (χ0v) is 12.5. The highest BCUT2D eigenvalue weighted by atomic mass is 16.5. The Morgan fingerprint density at radius 2 is 2.05 bits per heavy atom. The van der Waals surface area contributed by atoms with Gasteiger partial charge in [0.05, 0.1) is 25.5 Å². The second-order valence-electron chi connectivity index (χ2n) is 4.88. The van der Waals surface area contributed by atoms with Crippen molar-refractivity contribution in [3.63, 3.8) is 0 Å². The van der Waals surface area contributed by atoms with Crippen molar-refractivity contribution in [3.05, 3.63) is 34.9 Å². The summed E-state index contributed by atoms with van der Waals surface area (Å²) in [4.78, 5) is 14.0. The molecule has 0 aliphatic heterocycles. The molecule has 108 valence electrons. The molecule has 1 aromatic rings. The predicted molar refractivity (Wildman–Crippen MR) is 78.3 cm³/mol. The maximum Gasteiger partial charge on any atom is 0.227 e. The fourth-order valence-electron chi connectivity index (χ4n) is 1.95. The molecule has 1 amide bonds. The van der Waals surface area contributed by atoms with Crippen LogP contribution in [0.25, 0.3) is 0 Å². The third kappa shape index (κ3) is 5.02. The highest BCUT2D eigenvalue weighted by Gasteiger charge is 2.13. The Hall–Kier alpha value is -1.86. The summed E-state index contributed by atoms with van der Waals surface area (Å²) >= 11 is 0. The van der Waals surface area contributed by atoms with Crippen molar-refractivity contribution in [2.24, 2.45) is 0 Å². The van der Waals surface area contributed by atoms with Gasteiger partial charge < -0.3 is 9.64 Å². The number of nitrogens with zero attached hydrogens (tertiary/aromatic N) is 2. The SMILES string of the molecule is COCCN(CCC#N)C(=O)Cc1ccc(C)c(C)c1. The average molecular weight is 274 g/mol. The van der Waals surface area contributed by atoms with Gasteiger partial charge in [-0.2, -0.15) is 5.26 Å². The highest BCUT2D eigenvalue weighted by molar-refractivity contribution is 5.78. The van der Waals surface area contributed by atoms with Crippen LogP contribution in [0.4, 0.5) is 0 Å². The molecule has 4 nitrogen and oxygen atoms in total. The van der Waals surface area contributed by atoms with E-state index in [4.69, 9.17) is 10.00 Å². The van der Waals surface area contributed by atoms with Gasteiger partial charge in [0.2, 0.25) is 5.91 Å². The number of carbonyl (C=O) groups excluding carboxylic acids is 1. The topological polar surface area (TPSA) is 53.3 Å². The van der Waals surface area contributed by atoms with Gasteiger partial charge in [-0.05, 0) is 30.5 Å². The van der Waals surface area contributed by atoms with Gasteiger partial charge in [0.15, 0.2) is 0 Å². The first-order valence-corrected chi connectivity index (χ1v) is 6.78. The first-order chi connectivity index (χ1) is 9.58. The Labute approximate surface area is 121 Å². The van der Waals surface area contributed by atoms with Crippen molar-refractivity contribution in [2.75, 3.05) is 26.8 Å². The number of methoxy groups -OCH3 is 1. The molecule has 0 unspecified atom stereocenters. The molecule has 0 aromatic heterocycles. The minimum atomic E-state index is 0.0422. The van der Waals surface area contributed by atoms with Crippen LogP contribution in [0.1, 0.15) is 23.1 Å². The lowest BCUT2D eigenvalue weighted by Crippen LogP contribution is -2.35. The minimum Gasteiger partial charge on any atom is -0.383 e. The van der Waals surface area contributed by atoms with Crippen molar-refractivity contribution < 1.29 is 9.53 Å². The van der Waals surface area contributed by atoms with Crippen LogP contribution in [-0.2, 0) is 16.0 Å². The van der Waals surface area contributed by atoms with E-state index < -0.39 is 0 Å². The van der Waals surface area contributed by atoms with Gasteiger partial charge in [-0.3, -0.25) is 4.79 Å². The largest absolute Gasteiger partial charge is 0.383 e. The summed E-state index contributed by atoms with van der Waals surface area (Å²) < 4.78 is 5.01. The van der Waals surface area contributed by atoms with E-state index in [0.717, 1.165) is 5.56 Å². The van der Waals surface area contributed by atoms with Gasteiger partial charge >= 0.3 is 0 Å². The molecule has 0 N–H and O–H groups in total. The Kier molecular flexibility index (Phi) is 6.75. The maximum absolute atomic E-state index is 12.3. The van der Waals surface area contributed by atoms with Gasteiger partial charge in [-0.15, -0.1) is 0 Å². The van der Waals surface area contributed by atoms with Crippen molar-refractivity contribution in [2.45, 2.75) is 26.7 Å². The molecular formula is C16H22N2O2. The molecule has 0 saturated carbocycles. The zero-order chi connectivity index (χ0) is 15.0. The van der Waals surface area contributed by atoms with Gasteiger partial charge in [0.25, 0.3) is 0 Å². The average Bonchev–Trinajstić information content (AvgIpc) is 2.43. The summed E-state index contributed by atoms with van der Waals surface area (Å²) in [5.74, 6) is 0.0422. The van der Waals surface area contributed by atoms with E-state index in [1.54, 1.807) is 12.0 Å². The summed E-state index contributed by atoms with van der Waals surface area (Å²) in [6.45, 7) is 5.58. The second kappa shape index (κ2) is 8.34. The fourth-order valence-corrected chi connectivity index (χ4v) is 1.95. The first kappa shape index (κ1) is 16.2. The molecule has 0 radical (unpaired) electrons. The Morgan fingerprint density at radius 3 is 2.65 bits per heavy atom. The van der Waals surface area contributed by atoms with Crippen LogP contribution in [0, 0.1) is 25.2 Å². The molecule has 0 saturated heterocycles. The van der Waals surface area contributed by atoms with Crippen LogP contribution in [0.5, 0.6) is 0 Å². The number of nitriles is 1. The van der Waals surface area contributed by atoms with Crippen LogP contribution >= 0.6 is 0 Å². The van der Waals surface area contributed by atoms with Crippen molar-refractivity contribution in [1.82, 2.24) is 4.90 Å². The highest BCUT2D eigenvalue weighted by Crippen LogP contribution is 2.11. The molecule has 0 fully saturated rings. The number of hydrogen-bond acceptors (Lipinski definition) is 3. The molecular weight excluding hydrogens is 252 g/mol. The van der Waals surface area contributed by atoms with Crippen LogP contribution < -0.4 is 0 Å². The van der Waals surface area contributed by atoms with E-state index in [9.17, 15) is 4.79 Å². The van der Waals surface area contributed by atoms with Gasteiger partial charge in [-0.1, -0.05) is 18.2 Å². The van der Waals surface area contributed by atoms with Crippen LogP contribution in [0.2, 0.25) is 0 Å². The van der Waals surface area contributed by atoms with E-state index in [1.807, 2.05) is 25.1 Å². The summed E-state index contributed by atoms with van der Waals surface area (Å²) in [7, 11) is 1.61. The smallest absolute Gasteiger partial charge is 0.227 e. The first-order valence-electron chi connectivity index (χ1n) is 6.78. The van der Waals surface area contributed by atoms with Crippen LogP contribution in [-0.4, -0.2) is 37.6 Å².